The Morgan fingerprint density at radius 2 is 2.10 bits per heavy atom. The van der Waals surface area contributed by atoms with Gasteiger partial charge in [0, 0.05) is 22.4 Å². The van der Waals surface area contributed by atoms with E-state index in [1.165, 1.54) is 0 Å². The molecule has 1 aliphatic rings. The maximum atomic E-state index is 12.4. The number of hydrogen-bond donors (Lipinski definition) is 1. The van der Waals surface area contributed by atoms with Crippen LogP contribution in [0.25, 0.3) is 0 Å². The number of carbonyl (C=O) groups excluding carboxylic acids is 1. The molecule has 0 bridgehead atoms. The van der Waals surface area contributed by atoms with Crippen LogP contribution in [0.5, 0.6) is 0 Å². The van der Waals surface area contributed by atoms with E-state index in [0.717, 1.165) is 28.6 Å². The van der Waals surface area contributed by atoms with Crippen molar-refractivity contribution >= 4 is 27.7 Å². The lowest BCUT2D eigenvalue weighted by Gasteiger charge is -2.09. The van der Waals surface area contributed by atoms with Gasteiger partial charge in [-0.25, -0.2) is 4.98 Å². The SMILES string of the molecule is Cc1cc(C)nc(NC(=O)c2cc(Br)cn2C2CC2)c1. The molecule has 0 saturated heterocycles. The number of carbonyl (C=O) groups is 1. The molecule has 5 heteroatoms. The fourth-order valence-corrected chi connectivity index (χ4v) is 2.81. The summed E-state index contributed by atoms with van der Waals surface area (Å²) in [6, 6.07) is 6.19. The van der Waals surface area contributed by atoms with Crippen LogP contribution in [0.15, 0.2) is 28.9 Å². The smallest absolute Gasteiger partial charge is 0.273 e. The molecule has 104 valence electrons. The number of aromatic nitrogens is 2. The molecule has 0 radical (unpaired) electrons. The fourth-order valence-electron chi connectivity index (χ4n) is 2.37. The van der Waals surface area contributed by atoms with Crippen LogP contribution < -0.4 is 5.32 Å². The van der Waals surface area contributed by atoms with Crippen LogP contribution in [-0.4, -0.2) is 15.5 Å². The molecule has 2 heterocycles. The van der Waals surface area contributed by atoms with Crippen molar-refractivity contribution < 1.29 is 4.79 Å². The van der Waals surface area contributed by atoms with Gasteiger partial charge in [-0.1, -0.05) is 0 Å². The molecule has 1 fully saturated rings. The van der Waals surface area contributed by atoms with Crippen LogP contribution in [0.4, 0.5) is 5.82 Å². The summed E-state index contributed by atoms with van der Waals surface area (Å²) >= 11 is 3.44. The highest BCUT2D eigenvalue weighted by Gasteiger charge is 2.27. The number of rotatable bonds is 3. The summed E-state index contributed by atoms with van der Waals surface area (Å²) in [5.41, 5.74) is 2.67. The van der Waals surface area contributed by atoms with Gasteiger partial charge in [-0.05, 0) is 66.4 Å². The average molecular weight is 334 g/mol. The van der Waals surface area contributed by atoms with Gasteiger partial charge >= 0.3 is 0 Å². The molecular weight excluding hydrogens is 318 g/mol. The van der Waals surface area contributed by atoms with E-state index in [4.69, 9.17) is 0 Å². The Kier molecular flexibility index (Phi) is 3.38. The second-order valence-corrected chi connectivity index (χ2v) is 6.22. The van der Waals surface area contributed by atoms with E-state index >= 15 is 0 Å². The number of aryl methyl sites for hydroxylation is 2. The predicted molar refractivity (Wildman–Crippen MR) is 82.1 cm³/mol. The molecule has 4 nitrogen and oxygen atoms in total. The van der Waals surface area contributed by atoms with E-state index in [1.54, 1.807) is 0 Å². The molecule has 0 atom stereocenters. The third kappa shape index (κ3) is 2.77. The predicted octanol–water partition coefficient (Wildman–Crippen LogP) is 3.85. The molecule has 0 aliphatic heterocycles. The summed E-state index contributed by atoms with van der Waals surface area (Å²) in [5.74, 6) is 0.493. The molecule has 2 aromatic rings. The molecule has 3 rings (SSSR count). The second kappa shape index (κ2) is 5.05. The summed E-state index contributed by atoms with van der Waals surface area (Å²) < 4.78 is 2.98. The number of nitrogens with zero attached hydrogens (tertiary/aromatic N) is 2. The number of nitrogens with one attached hydrogen (secondary N) is 1. The van der Waals surface area contributed by atoms with Crippen LogP contribution >= 0.6 is 15.9 Å². The topological polar surface area (TPSA) is 46.9 Å². The van der Waals surface area contributed by atoms with Crippen molar-refractivity contribution in [2.45, 2.75) is 32.7 Å². The molecule has 1 aliphatic carbocycles. The normalized spacial score (nSPS) is 14.3. The molecule has 1 saturated carbocycles. The van der Waals surface area contributed by atoms with Crippen molar-refractivity contribution in [1.29, 1.82) is 0 Å². The average Bonchev–Trinajstić information content (AvgIpc) is 3.11. The Labute approximate surface area is 126 Å². The first-order valence-corrected chi connectivity index (χ1v) is 7.46. The number of amides is 1. The molecule has 0 spiro atoms. The molecule has 2 aromatic heterocycles. The maximum Gasteiger partial charge on any atom is 0.273 e. The second-order valence-electron chi connectivity index (χ2n) is 5.31. The summed E-state index contributed by atoms with van der Waals surface area (Å²) in [6.07, 6.45) is 4.26. The van der Waals surface area contributed by atoms with E-state index in [9.17, 15) is 4.79 Å². The number of pyridine rings is 1. The Morgan fingerprint density at radius 3 is 2.75 bits per heavy atom. The Morgan fingerprint density at radius 1 is 1.35 bits per heavy atom. The zero-order valence-corrected chi connectivity index (χ0v) is 13.1. The first-order chi connectivity index (χ1) is 9.52. The number of anilines is 1. The summed E-state index contributed by atoms with van der Waals surface area (Å²) in [5, 5.41) is 2.88. The first kappa shape index (κ1) is 13.4. The highest BCUT2D eigenvalue weighted by molar-refractivity contribution is 9.10. The summed E-state index contributed by atoms with van der Waals surface area (Å²) in [6.45, 7) is 3.92. The van der Waals surface area contributed by atoms with Crippen molar-refractivity contribution in [1.82, 2.24) is 9.55 Å². The van der Waals surface area contributed by atoms with E-state index in [1.807, 2.05) is 42.8 Å². The van der Waals surface area contributed by atoms with Crippen molar-refractivity contribution in [2.75, 3.05) is 5.32 Å². The third-order valence-corrected chi connectivity index (χ3v) is 3.76. The van der Waals surface area contributed by atoms with E-state index < -0.39 is 0 Å². The van der Waals surface area contributed by atoms with Crippen molar-refractivity contribution in [2.24, 2.45) is 0 Å². The minimum absolute atomic E-state index is 0.111. The molecule has 0 aromatic carbocycles. The zero-order valence-electron chi connectivity index (χ0n) is 11.5. The van der Waals surface area contributed by atoms with Gasteiger partial charge in [0.15, 0.2) is 0 Å². The van der Waals surface area contributed by atoms with Crippen molar-refractivity contribution in [3.05, 3.63) is 45.8 Å². The maximum absolute atomic E-state index is 12.4. The third-order valence-electron chi connectivity index (χ3n) is 3.33. The van der Waals surface area contributed by atoms with Gasteiger partial charge in [-0.15, -0.1) is 0 Å². The fraction of sp³-hybridized carbons (Fsp3) is 0.333. The van der Waals surface area contributed by atoms with E-state index in [-0.39, 0.29) is 5.91 Å². The lowest BCUT2D eigenvalue weighted by atomic mass is 10.2. The van der Waals surface area contributed by atoms with Crippen LogP contribution in [0.3, 0.4) is 0 Å². The quantitative estimate of drug-likeness (QED) is 0.927. The Bertz CT molecular complexity index is 654. The standard InChI is InChI=1S/C15H16BrN3O/c1-9-5-10(2)17-14(6-9)18-15(20)13-7-11(16)8-19(13)12-3-4-12/h5-8,12H,3-4H2,1-2H3,(H,17,18,20). The van der Waals surface area contributed by atoms with Gasteiger partial charge in [-0.3, -0.25) is 4.79 Å². The van der Waals surface area contributed by atoms with Gasteiger partial charge in [0.05, 0.1) is 0 Å². The van der Waals surface area contributed by atoms with E-state index in [2.05, 4.69) is 26.2 Å². The largest absolute Gasteiger partial charge is 0.339 e. The van der Waals surface area contributed by atoms with Crippen LogP contribution in [0, 0.1) is 13.8 Å². The highest BCUT2D eigenvalue weighted by atomic mass is 79.9. The van der Waals surface area contributed by atoms with Gasteiger partial charge in [0.1, 0.15) is 11.5 Å². The van der Waals surface area contributed by atoms with Gasteiger partial charge < -0.3 is 9.88 Å². The lowest BCUT2D eigenvalue weighted by molar-refractivity contribution is 0.101. The zero-order chi connectivity index (χ0) is 14.3. The van der Waals surface area contributed by atoms with Crippen molar-refractivity contribution in [3.63, 3.8) is 0 Å². The summed E-state index contributed by atoms with van der Waals surface area (Å²) in [4.78, 5) is 16.8. The van der Waals surface area contributed by atoms with Crippen molar-refractivity contribution in [3.8, 4) is 0 Å². The van der Waals surface area contributed by atoms with Gasteiger partial charge in [-0.2, -0.15) is 0 Å². The van der Waals surface area contributed by atoms with Crippen LogP contribution in [0.1, 0.15) is 40.6 Å². The Hall–Kier alpha value is -1.62. The number of halogens is 1. The van der Waals surface area contributed by atoms with Crippen LogP contribution in [-0.2, 0) is 0 Å². The summed E-state index contributed by atoms with van der Waals surface area (Å²) in [7, 11) is 0. The molecular formula is C15H16BrN3O. The monoisotopic (exact) mass is 333 g/mol. The highest BCUT2D eigenvalue weighted by Crippen LogP contribution is 2.37. The van der Waals surface area contributed by atoms with Gasteiger partial charge in [0.2, 0.25) is 0 Å². The van der Waals surface area contributed by atoms with Crippen LogP contribution in [0.2, 0.25) is 0 Å². The Balaban J connectivity index is 1.85. The molecule has 1 N–H and O–H groups in total. The molecule has 20 heavy (non-hydrogen) atoms. The molecule has 0 unspecified atom stereocenters. The minimum Gasteiger partial charge on any atom is -0.339 e. The minimum atomic E-state index is -0.111. The lowest BCUT2D eigenvalue weighted by Crippen LogP contribution is -2.17. The first-order valence-electron chi connectivity index (χ1n) is 6.67. The molecule has 1 amide bonds. The van der Waals surface area contributed by atoms with E-state index in [0.29, 0.717) is 17.6 Å². The number of hydrogen-bond acceptors (Lipinski definition) is 2. The van der Waals surface area contributed by atoms with Gasteiger partial charge in [0.25, 0.3) is 5.91 Å².